The summed E-state index contributed by atoms with van der Waals surface area (Å²) in [7, 11) is 0. The second-order valence-corrected chi connectivity index (χ2v) is 9.60. The molecule has 1 spiro atoms. The largest absolute Gasteiger partial charge is 0.558 e. The molecule has 0 bridgehead atoms. The zero-order valence-corrected chi connectivity index (χ0v) is 18.8. The van der Waals surface area contributed by atoms with Crippen LogP contribution in [0.3, 0.4) is 0 Å². The second-order valence-electron chi connectivity index (χ2n) is 9.60. The lowest BCUT2D eigenvalue weighted by Crippen LogP contribution is -2.72. The molecule has 3 fully saturated rings. The highest BCUT2D eigenvalue weighted by Crippen LogP contribution is 2.54. The molecule has 7 rings (SSSR count). The Morgan fingerprint density at radius 1 is 0.941 bits per heavy atom. The summed E-state index contributed by atoms with van der Waals surface area (Å²) in [6.45, 7) is 1.52. The lowest BCUT2D eigenvalue weighted by atomic mass is 9.97. The number of ether oxygens (including phenoxy) is 1. The van der Waals surface area contributed by atoms with E-state index in [2.05, 4.69) is 28.8 Å². The van der Waals surface area contributed by atoms with Crippen LogP contribution in [0.15, 0.2) is 84.9 Å². The second kappa shape index (κ2) is 6.87. The van der Waals surface area contributed by atoms with Gasteiger partial charge in [0.1, 0.15) is 6.54 Å². The predicted molar refractivity (Wildman–Crippen MR) is 126 cm³/mol. The van der Waals surface area contributed by atoms with Crippen LogP contribution in [0, 0.1) is 0 Å². The van der Waals surface area contributed by atoms with Gasteiger partial charge in [-0.3, -0.25) is 4.79 Å². The maximum absolute atomic E-state index is 14.1. The predicted octanol–water partition coefficient (Wildman–Crippen LogP) is 3.24. The number of amides is 1. The van der Waals surface area contributed by atoms with Gasteiger partial charge in [0.05, 0.1) is 17.8 Å². The smallest absolute Gasteiger partial charge is 0.327 e. The third-order valence-corrected chi connectivity index (χ3v) is 7.92. The Balaban J connectivity index is 1.57. The number of nitrogens with zero attached hydrogens (tertiary/aromatic N) is 3. The van der Waals surface area contributed by atoms with Crippen LogP contribution in [0.4, 0.5) is 5.69 Å². The number of hydrogen-bond donors (Lipinski definition) is 0. The number of carbonyl (C=O) groups is 2. The Kier molecular flexibility index (Phi) is 3.98. The van der Waals surface area contributed by atoms with Crippen LogP contribution in [-0.2, 0) is 20.9 Å². The van der Waals surface area contributed by atoms with Gasteiger partial charge in [-0.2, -0.15) is 9.38 Å². The molecule has 0 radical (unpaired) electrons. The van der Waals surface area contributed by atoms with Crippen LogP contribution in [0.2, 0.25) is 0 Å². The molecule has 6 nitrogen and oxygen atoms in total. The highest BCUT2D eigenvalue weighted by atomic mass is 16.6. The number of fused-ring (bicyclic) bond motifs is 3. The molecule has 168 valence electrons. The highest BCUT2D eigenvalue weighted by Gasteiger charge is 2.85. The van der Waals surface area contributed by atoms with Gasteiger partial charge in [-0.25, -0.2) is 4.79 Å². The van der Waals surface area contributed by atoms with Crippen LogP contribution < -0.4 is 4.90 Å². The van der Waals surface area contributed by atoms with Crippen molar-refractivity contribution in [3.63, 3.8) is 0 Å². The number of rotatable bonds is 3. The van der Waals surface area contributed by atoms with E-state index in [4.69, 9.17) is 4.74 Å². The first-order valence-corrected chi connectivity index (χ1v) is 11.9. The summed E-state index contributed by atoms with van der Waals surface area (Å²) in [6.07, 6.45) is 1.71. The van der Waals surface area contributed by atoms with Crippen molar-refractivity contribution in [1.82, 2.24) is 0 Å². The molecule has 4 aliphatic rings. The molecule has 3 atom stereocenters. The Hall–Kier alpha value is -3.77. The summed E-state index contributed by atoms with van der Waals surface area (Å²) in [5.41, 5.74) is 4.87. The Morgan fingerprint density at radius 3 is 2.44 bits per heavy atom. The fraction of sp³-hybridized carbons (Fsp3) is 0.250. The van der Waals surface area contributed by atoms with Crippen molar-refractivity contribution < 1.29 is 23.4 Å². The van der Waals surface area contributed by atoms with E-state index in [-0.39, 0.29) is 24.5 Å². The minimum Gasteiger partial charge on any atom is -0.327 e. The van der Waals surface area contributed by atoms with Crippen molar-refractivity contribution in [3.8, 4) is 0 Å². The average molecular weight is 452 g/mol. The summed E-state index contributed by atoms with van der Waals surface area (Å²) in [6, 6.07) is 28.1. The van der Waals surface area contributed by atoms with E-state index in [9.17, 15) is 9.59 Å². The number of hydrogen-bond acceptors (Lipinski definition) is 3. The van der Waals surface area contributed by atoms with Gasteiger partial charge in [0.2, 0.25) is 5.71 Å². The minimum atomic E-state index is -1.22. The molecule has 0 saturated carbocycles. The quantitative estimate of drug-likeness (QED) is 0.349. The minimum absolute atomic E-state index is 0.0488. The van der Waals surface area contributed by atoms with E-state index >= 15 is 0 Å². The molecule has 3 aromatic rings. The summed E-state index contributed by atoms with van der Waals surface area (Å²) in [5, 5.41) is 0. The summed E-state index contributed by atoms with van der Waals surface area (Å²) >= 11 is 0. The molecule has 3 saturated heterocycles. The molecule has 4 aliphatic heterocycles. The zero-order valence-electron chi connectivity index (χ0n) is 18.8. The molecule has 0 N–H and O–H groups in total. The van der Waals surface area contributed by atoms with Crippen LogP contribution in [-0.4, -0.2) is 51.8 Å². The monoisotopic (exact) mass is 451 g/mol. The average Bonchev–Trinajstić information content (AvgIpc) is 3.50. The Labute approximate surface area is 197 Å². The maximum atomic E-state index is 14.1. The van der Waals surface area contributed by atoms with Crippen LogP contribution >= 0.6 is 0 Å². The number of esters is 1. The van der Waals surface area contributed by atoms with Gasteiger partial charge in [-0.05, 0) is 24.3 Å². The normalized spacial score (nSPS) is 28.9. The van der Waals surface area contributed by atoms with Crippen molar-refractivity contribution >= 4 is 23.3 Å². The van der Waals surface area contributed by atoms with Gasteiger partial charge >= 0.3 is 11.9 Å². The molecule has 1 amide bonds. The number of para-hydroxylation sites is 1. The van der Waals surface area contributed by atoms with Crippen molar-refractivity contribution in [2.75, 3.05) is 18.0 Å². The van der Waals surface area contributed by atoms with Gasteiger partial charge in [-0.1, -0.05) is 60.7 Å². The number of quaternary nitrogens is 1. The fourth-order valence-electron chi connectivity index (χ4n) is 6.74. The van der Waals surface area contributed by atoms with Crippen molar-refractivity contribution in [2.45, 2.75) is 31.4 Å². The number of anilines is 1. The molecule has 0 aromatic heterocycles. The van der Waals surface area contributed by atoms with E-state index in [1.807, 2.05) is 65.6 Å². The molecule has 3 aromatic carbocycles. The van der Waals surface area contributed by atoms with Gasteiger partial charge in [0, 0.05) is 24.0 Å². The third kappa shape index (κ3) is 2.31. The Bertz CT molecular complexity index is 1370. The van der Waals surface area contributed by atoms with E-state index in [0.29, 0.717) is 11.0 Å². The highest BCUT2D eigenvalue weighted by molar-refractivity contribution is 6.17. The fourth-order valence-corrected chi connectivity index (χ4v) is 6.74. The van der Waals surface area contributed by atoms with E-state index in [1.54, 1.807) is 0 Å². The SMILES string of the molecule is O=C1C[N+]2=C(c3ccccc3)c3ccccc3N3C(=O)[C@H]4CCC[N@+]4(Cc4ccccc4)[C@@]32O1. The van der Waals surface area contributed by atoms with Crippen LogP contribution in [0.5, 0.6) is 0 Å². The van der Waals surface area contributed by atoms with Crippen LogP contribution in [0.25, 0.3) is 0 Å². The molecule has 0 unspecified atom stereocenters. The van der Waals surface area contributed by atoms with E-state index < -0.39 is 5.97 Å². The van der Waals surface area contributed by atoms with Crippen LogP contribution in [0.1, 0.15) is 29.5 Å². The molecule has 0 aliphatic carbocycles. The number of carbonyl (C=O) groups excluding carboxylic acids is 2. The van der Waals surface area contributed by atoms with Crippen molar-refractivity contribution in [3.05, 3.63) is 102 Å². The van der Waals surface area contributed by atoms with Gasteiger partial charge in [0.25, 0.3) is 12.5 Å². The van der Waals surface area contributed by atoms with E-state index in [1.165, 1.54) is 0 Å². The summed E-state index contributed by atoms with van der Waals surface area (Å²) in [4.78, 5) is 29.1. The zero-order chi connectivity index (χ0) is 22.9. The van der Waals surface area contributed by atoms with Crippen molar-refractivity contribution in [2.24, 2.45) is 0 Å². The first-order valence-electron chi connectivity index (χ1n) is 11.9. The molecule has 34 heavy (non-hydrogen) atoms. The molecular weight excluding hydrogens is 426 g/mol. The van der Waals surface area contributed by atoms with Gasteiger partial charge in [-0.15, -0.1) is 4.58 Å². The number of benzene rings is 3. The van der Waals surface area contributed by atoms with E-state index in [0.717, 1.165) is 47.5 Å². The van der Waals surface area contributed by atoms with Gasteiger partial charge < -0.3 is 4.74 Å². The topological polar surface area (TPSA) is 49.6 Å². The lowest BCUT2D eigenvalue weighted by molar-refractivity contribution is -1.08. The maximum Gasteiger partial charge on any atom is 0.558 e. The summed E-state index contributed by atoms with van der Waals surface area (Å²) in [5.74, 6) is -1.46. The summed E-state index contributed by atoms with van der Waals surface area (Å²) < 4.78 is 8.87. The Morgan fingerprint density at radius 2 is 1.65 bits per heavy atom. The van der Waals surface area contributed by atoms with Gasteiger partial charge in [0.15, 0.2) is 6.04 Å². The molecule has 4 heterocycles. The molecular formula is C28H25N3O3+2. The lowest BCUT2D eigenvalue weighted by Gasteiger charge is -2.42. The first kappa shape index (κ1) is 19.7. The molecule has 6 heteroatoms. The standard InChI is InChI=1S/C28H25N3O3/c32-25-18-29-26(21-12-5-2-6-13-21)22-14-7-8-15-23(22)30-27(33)24-16-9-17-31(24,28(29,30)34-25)19-20-10-3-1-4-11-20/h1-8,10-15,24H,9,16-19H2/q+2/t24-,28+,31-/m1/s1. The third-order valence-electron chi connectivity index (χ3n) is 7.92. The first-order chi connectivity index (χ1) is 16.7. The van der Waals surface area contributed by atoms with Crippen molar-refractivity contribution in [1.29, 1.82) is 0 Å².